The topological polar surface area (TPSA) is 32.3 Å². The fourth-order valence-corrected chi connectivity index (χ4v) is 2.00. The van der Waals surface area contributed by atoms with Crippen LogP contribution in [0.15, 0.2) is 0 Å². The third-order valence-corrected chi connectivity index (χ3v) is 3.56. The van der Waals surface area contributed by atoms with E-state index >= 15 is 0 Å². The van der Waals surface area contributed by atoms with E-state index in [1.54, 1.807) is 0 Å². The molecule has 1 unspecified atom stereocenters. The van der Waals surface area contributed by atoms with Gasteiger partial charge in [0.25, 0.3) is 0 Å². The highest BCUT2D eigenvalue weighted by atomic mass is 16.2. The molecular formula is C13H26N2O. The van der Waals surface area contributed by atoms with Gasteiger partial charge < -0.3 is 4.90 Å². The van der Waals surface area contributed by atoms with Gasteiger partial charge in [-0.15, -0.1) is 0 Å². The highest BCUT2D eigenvalue weighted by Crippen LogP contribution is 2.23. The maximum absolute atomic E-state index is 12.1. The second-order valence-electron chi connectivity index (χ2n) is 5.61. The Bertz CT molecular complexity index is 238. The third kappa shape index (κ3) is 3.48. The van der Waals surface area contributed by atoms with E-state index in [0.717, 1.165) is 38.9 Å². The van der Waals surface area contributed by atoms with E-state index in [1.165, 1.54) is 0 Å². The van der Waals surface area contributed by atoms with Crippen molar-refractivity contribution in [1.29, 1.82) is 0 Å². The average Bonchev–Trinajstić information content (AvgIpc) is 2.57. The molecule has 0 aromatic heterocycles. The van der Waals surface area contributed by atoms with Gasteiger partial charge in [-0.1, -0.05) is 40.5 Å². The lowest BCUT2D eigenvalue weighted by Gasteiger charge is -2.28. The molecule has 1 heterocycles. The Hall–Kier alpha value is -0.570. The smallest absolute Gasteiger partial charge is 0.240 e. The maximum atomic E-state index is 12.1. The summed E-state index contributed by atoms with van der Waals surface area (Å²) in [6.45, 7) is 10.4. The molecule has 3 nitrogen and oxygen atoms in total. The first-order chi connectivity index (χ1) is 7.50. The van der Waals surface area contributed by atoms with Crippen molar-refractivity contribution < 1.29 is 4.79 Å². The van der Waals surface area contributed by atoms with E-state index in [-0.39, 0.29) is 11.5 Å². The van der Waals surface area contributed by atoms with Crippen LogP contribution in [0.4, 0.5) is 0 Å². The fourth-order valence-electron chi connectivity index (χ4n) is 2.00. The zero-order chi connectivity index (χ0) is 12.2. The van der Waals surface area contributed by atoms with Gasteiger partial charge in [-0.05, 0) is 18.3 Å². The summed E-state index contributed by atoms with van der Waals surface area (Å²) in [6.07, 6.45) is 4.38. The molecule has 0 spiro atoms. The Morgan fingerprint density at radius 2 is 2.12 bits per heavy atom. The summed E-state index contributed by atoms with van der Waals surface area (Å²) in [6, 6.07) is 0.0765. The van der Waals surface area contributed by atoms with Gasteiger partial charge in [0.1, 0.15) is 0 Å². The van der Waals surface area contributed by atoms with Gasteiger partial charge in [0, 0.05) is 6.54 Å². The van der Waals surface area contributed by atoms with Crippen molar-refractivity contribution in [2.75, 3.05) is 13.2 Å². The standard InChI is InChI=1S/C13H26N2O/c1-5-7-8-11-12(16)15(10-14-11)9-13(3,4)6-2/h11,14H,5-10H2,1-4H3. The average molecular weight is 226 g/mol. The Labute approximate surface area is 99.6 Å². The predicted octanol–water partition coefficient (Wildman–Crippen LogP) is 2.37. The van der Waals surface area contributed by atoms with Crippen molar-refractivity contribution in [2.24, 2.45) is 5.41 Å². The minimum Gasteiger partial charge on any atom is -0.328 e. The van der Waals surface area contributed by atoms with Crippen molar-refractivity contribution >= 4 is 5.91 Å². The van der Waals surface area contributed by atoms with Gasteiger partial charge in [0.2, 0.25) is 5.91 Å². The molecule has 1 rings (SSSR count). The third-order valence-electron chi connectivity index (χ3n) is 3.56. The van der Waals surface area contributed by atoms with Crippen LogP contribution in [0.1, 0.15) is 53.4 Å². The van der Waals surface area contributed by atoms with Crippen molar-refractivity contribution in [3.8, 4) is 0 Å². The summed E-state index contributed by atoms with van der Waals surface area (Å²) in [5, 5.41) is 3.31. The first-order valence-electron chi connectivity index (χ1n) is 6.52. The van der Waals surface area contributed by atoms with E-state index in [9.17, 15) is 4.79 Å². The molecule has 1 aliphatic heterocycles. The van der Waals surface area contributed by atoms with Crippen molar-refractivity contribution in [3.05, 3.63) is 0 Å². The highest BCUT2D eigenvalue weighted by Gasteiger charge is 2.33. The van der Waals surface area contributed by atoms with Crippen LogP contribution in [0.5, 0.6) is 0 Å². The number of hydrogen-bond acceptors (Lipinski definition) is 2. The molecule has 0 aromatic rings. The lowest BCUT2D eigenvalue weighted by Crippen LogP contribution is -2.37. The zero-order valence-corrected chi connectivity index (χ0v) is 11.2. The SMILES string of the molecule is CCCCC1NCN(CC(C)(C)CC)C1=O. The van der Waals surface area contributed by atoms with Gasteiger partial charge >= 0.3 is 0 Å². The molecule has 3 heteroatoms. The summed E-state index contributed by atoms with van der Waals surface area (Å²) < 4.78 is 0. The highest BCUT2D eigenvalue weighted by molar-refractivity contribution is 5.83. The quantitative estimate of drug-likeness (QED) is 0.754. The van der Waals surface area contributed by atoms with Crippen LogP contribution in [0.3, 0.4) is 0 Å². The molecule has 94 valence electrons. The van der Waals surface area contributed by atoms with Crippen LogP contribution in [-0.4, -0.2) is 30.1 Å². The largest absolute Gasteiger partial charge is 0.328 e. The van der Waals surface area contributed by atoms with E-state index < -0.39 is 0 Å². The number of carbonyl (C=O) groups excluding carboxylic acids is 1. The van der Waals surface area contributed by atoms with Crippen LogP contribution in [-0.2, 0) is 4.79 Å². The molecular weight excluding hydrogens is 200 g/mol. The number of carbonyl (C=O) groups is 1. The molecule has 0 saturated carbocycles. The van der Waals surface area contributed by atoms with Gasteiger partial charge in [-0.25, -0.2) is 0 Å². The molecule has 0 aliphatic carbocycles. The second kappa shape index (κ2) is 5.67. The Kier molecular flexibility index (Phi) is 4.78. The van der Waals surface area contributed by atoms with Gasteiger partial charge in [-0.3, -0.25) is 10.1 Å². The van der Waals surface area contributed by atoms with Crippen LogP contribution in [0.25, 0.3) is 0 Å². The molecule has 1 amide bonds. The van der Waals surface area contributed by atoms with Crippen LogP contribution < -0.4 is 5.32 Å². The monoisotopic (exact) mass is 226 g/mol. The number of hydrogen-bond donors (Lipinski definition) is 1. The Balaban J connectivity index is 2.44. The van der Waals surface area contributed by atoms with Crippen LogP contribution in [0.2, 0.25) is 0 Å². The van der Waals surface area contributed by atoms with E-state index in [4.69, 9.17) is 0 Å². The number of nitrogens with zero attached hydrogens (tertiary/aromatic N) is 1. The van der Waals surface area contributed by atoms with E-state index in [0.29, 0.717) is 5.91 Å². The molecule has 16 heavy (non-hydrogen) atoms. The minimum atomic E-state index is 0.0765. The van der Waals surface area contributed by atoms with Gasteiger partial charge in [0.05, 0.1) is 12.7 Å². The van der Waals surface area contributed by atoms with E-state index in [2.05, 4.69) is 33.0 Å². The van der Waals surface area contributed by atoms with Gasteiger partial charge in [-0.2, -0.15) is 0 Å². The Morgan fingerprint density at radius 1 is 1.44 bits per heavy atom. The molecule has 0 aromatic carbocycles. The van der Waals surface area contributed by atoms with Crippen molar-refractivity contribution in [3.63, 3.8) is 0 Å². The lowest BCUT2D eigenvalue weighted by atomic mass is 9.90. The first kappa shape index (κ1) is 13.5. The van der Waals surface area contributed by atoms with Crippen molar-refractivity contribution in [2.45, 2.75) is 59.4 Å². The number of amides is 1. The number of unbranched alkanes of at least 4 members (excludes halogenated alkanes) is 1. The normalized spacial score (nSPS) is 21.9. The number of rotatable bonds is 6. The minimum absolute atomic E-state index is 0.0765. The molecule has 1 atom stereocenters. The molecule has 0 radical (unpaired) electrons. The molecule has 0 bridgehead atoms. The molecule has 1 saturated heterocycles. The van der Waals surface area contributed by atoms with E-state index in [1.807, 2.05) is 4.90 Å². The summed E-state index contributed by atoms with van der Waals surface area (Å²) in [4.78, 5) is 14.0. The summed E-state index contributed by atoms with van der Waals surface area (Å²) in [5.74, 6) is 0.301. The fraction of sp³-hybridized carbons (Fsp3) is 0.923. The molecule has 1 aliphatic rings. The van der Waals surface area contributed by atoms with Crippen molar-refractivity contribution in [1.82, 2.24) is 10.2 Å². The molecule has 1 N–H and O–H groups in total. The lowest BCUT2D eigenvalue weighted by molar-refractivity contribution is -0.130. The van der Waals surface area contributed by atoms with Crippen LogP contribution >= 0.6 is 0 Å². The zero-order valence-electron chi connectivity index (χ0n) is 11.2. The first-order valence-corrected chi connectivity index (χ1v) is 6.52. The summed E-state index contributed by atoms with van der Waals surface area (Å²) >= 11 is 0. The molecule has 1 fully saturated rings. The van der Waals surface area contributed by atoms with Crippen LogP contribution in [0, 0.1) is 5.41 Å². The summed E-state index contributed by atoms with van der Waals surface area (Å²) in [5.41, 5.74) is 0.233. The van der Waals surface area contributed by atoms with Gasteiger partial charge in [0.15, 0.2) is 0 Å². The predicted molar refractivity (Wildman–Crippen MR) is 67.1 cm³/mol. The Morgan fingerprint density at radius 3 is 2.69 bits per heavy atom. The second-order valence-corrected chi connectivity index (χ2v) is 5.61. The summed E-state index contributed by atoms with van der Waals surface area (Å²) in [7, 11) is 0. The maximum Gasteiger partial charge on any atom is 0.240 e. The number of nitrogens with one attached hydrogen (secondary N) is 1.